The maximum Gasteiger partial charge on any atom is 0.289 e. The van der Waals surface area contributed by atoms with Crippen molar-refractivity contribution < 1.29 is 9.59 Å². The minimum absolute atomic E-state index is 0.0419. The molecule has 6 heteroatoms. The Labute approximate surface area is 172 Å². The second-order valence-electron chi connectivity index (χ2n) is 9.09. The van der Waals surface area contributed by atoms with Gasteiger partial charge in [0.2, 0.25) is 0 Å². The molecule has 2 aliphatic rings. The number of amides is 2. The Morgan fingerprint density at radius 2 is 1.69 bits per heavy atom. The highest BCUT2D eigenvalue weighted by Crippen LogP contribution is 2.30. The first-order chi connectivity index (χ1) is 13.9. The van der Waals surface area contributed by atoms with E-state index in [1.807, 2.05) is 33.7 Å². The van der Waals surface area contributed by atoms with Crippen LogP contribution in [-0.4, -0.2) is 39.4 Å². The van der Waals surface area contributed by atoms with Crippen molar-refractivity contribution >= 4 is 17.5 Å². The van der Waals surface area contributed by atoms with Crippen LogP contribution in [0.4, 0.5) is 5.69 Å². The third-order valence-electron chi connectivity index (χ3n) is 5.90. The van der Waals surface area contributed by atoms with Gasteiger partial charge in [0.05, 0.1) is 5.69 Å². The summed E-state index contributed by atoms with van der Waals surface area (Å²) in [5.74, 6) is 0.156. The standard InChI is InChI=1S/C23H30N4O2/c1-23(2,3)16-10-4-5-11-17(16)24-21(28)19-18-12-6-7-15-27(18)20(25-19)22(29)26-13-8-9-14-26/h4-5,10-11H,6-9,12-15H2,1-3H3,(H,24,28). The molecular formula is C23H30N4O2. The lowest BCUT2D eigenvalue weighted by Gasteiger charge is -2.23. The molecule has 1 aromatic heterocycles. The zero-order chi connectivity index (χ0) is 20.6. The maximum atomic E-state index is 13.2. The first-order valence-electron chi connectivity index (χ1n) is 10.7. The fraction of sp³-hybridized carbons (Fsp3) is 0.522. The third-order valence-corrected chi connectivity index (χ3v) is 5.90. The van der Waals surface area contributed by atoms with Crippen molar-refractivity contribution in [1.29, 1.82) is 0 Å². The lowest BCUT2D eigenvalue weighted by atomic mass is 9.86. The van der Waals surface area contributed by atoms with Gasteiger partial charge in [-0.2, -0.15) is 0 Å². The number of rotatable bonds is 3. The van der Waals surface area contributed by atoms with Gasteiger partial charge in [-0.15, -0.1) is 0 Å². The summed E-state index contributed by atoms with van der Waals surface area (Å²) in [7, 11) is 0. The van der Waals surface area contributed by atoms with E-state index < -0.39 is 0 Å². The van der Waals surface area contributed by atoms with E-state index in [0.29, 0.717) is 11.5 Å². The van der Waals surface area contributed by atoms with E-state index in [0.717, 1.165) is 68.7 Å². The Kier molecular flexibility index (Phi) is 5.19. The number of hydrogen-bond acceptors (Lipinski definition) is 3. The predicted molar refractivity (Wildman–Crippen MR) is 113 cm³/mol. The van der Waals surface area contributed by atoms with Crippen LogP contribution in [0, 0.1) is 0 Å². The molecule has 6 nitrogen and oxygen atoms in total. The van der Waals surface area contributed by atoms with Crippen LogP contribution in [0.5, 0.6) is 0 Å². The van der Waals surface area contributed by atoms with E-state index in [1.165, 1.54) is 0 Å². The van der Waals surface area contributed by atoms with Crippen LogP contribution in [0.2, 0.25) is 0 Å². The molecule has 2 amide bonds. The van der Waals surface area contributed by atoms with Gasteiger partial charge in [-0.1, -0.05) is 39.0 Å². The van der Waals surface area contributed by atoms with Gasteiger partial charge in [0.1, 0.15) is 0 Å². The van der Waals surface area contributed by atoms with E-state index in [-0.39, 0.29) is 17.2 Å². The normalized spacial score (nSPS) is 16.6. The van der Waals surface area contributed by atoms with Crippen molar-refractivity contribution in [3.63, 3.8) is 0 Å². The second-order valence-corrected chi connectivity index (χ2v) is 9.09. The van der Waals surface area contributed by atoms with Gasteiger partial charge in [0, 0.05) is 25.3 Å². The highest BCUT2D eigenvalue weighted by molar-refractivity contribution is 6.05. The summed E-state index contributed by atoms with van der Waals surface area (Å²) < 4.78 is 1.98. The molecule has 29 heavy (non-hydrogen) atoms. The molecule has 3 heterocycles. The van der Waals surface area contributed by atoms with Crippen LogP contribution in [0.25, 0.3) is 0 Å². The van der Waals surface area contributed by atoms with E-state index in [2.05, 4.69) is 31.1 Å². The molecule has 0 saturated carbocycles. The largest absolute Gasteiger partial charge is 0.336 e. The third kappa shape index (κ3) is 3.80. The van der Waals surface area contributed by atoms with E-state index in [1.54, 1.807) is 0 Å². The van der Waals surface area contributed by atoms with Crippen molar-refractivity contribution in [2.75, 3.05) is 18.4 Å². The van der Waals surface area contributed by atoms with Crippen LogP contribution in [0.3, 0.4) is 0 Å². The fourth-order valence-electron chi connectivity index (χ4n) is 4.38. The Bertz CT molecular complexity index is 933. The van der Waals surface area contributed by atoms with E-state index in [9.17, 15) is 9.59 Å². The zero-order valence-corrected chi connectivity index (χ0v) is 17.6. The molecule has 0 bridgehead atoms. The Morgan fingerprint density at radius 1 is 1.00 bits per heavy atom. The van der Waals surface area contributed by atoms with Gasteiger partial charge in [0.15, 0.2) is 11.5 Å². The average Bonchev–Trinajstić information content (AvgIpc) is 3.35. The van der Waals surface area contributed by atoms with E-state index in [4.69, 9.17) is 0 Å². The summed E-state index contributed by atoms with van der Waals surface area (Å²) in [6, 6.07) is 7.88. The highest BCUT2D eigenvalue weighted by Gasteiger charge is 2.31. The summed E-state index contributed by atoms with van der Waals surface area (Å²) >= 11 is 0. The molecule has 0 unspecified atom stereocenters. The Hall–Kier alpha value is -2.63. The lowest BCUT2D eigenvalue weighted by molar-refractivity contribution is 0.0774. The summed E-state index contributed by atoms with van der Waals surface area (Å²) in [6.45, 7) is 8.70. The molecule has 4 rings (SSSR count). The molecule has 1 N–H and O–H groups in total. The summed E-state index contributed by atoms with van der Waals surface area (Å²) in [5.41, 5.74) is 3.08. The smallest absolute Gasteiger partial charge is 0.289 e. The molecule has 1 saturated heterocycles. The molecule has 2 aliphatic heterocycles. The number of fused-ring (bicyclic) bond motifs is 1. The van der Waals surface area contributed by atoms with Gasteiger partial charge in [-0.3, -0.25) is 9.59 Å². The van der Waals surface area contributed by atoms with Gasteiger partial charge < -0.3 is 14.8 Å². The van der Waals surface area contributed by atoms with Crippen molar-refractivity contribution in [2.24, 2.45) is 0 Å². The molecule has 1 fully saturated rings. The van der Waals surface area contributed by atoms with Gasteiger partial charge in [-0.05, 0) is 49.1 Å². The number of hydrogen-bond donors (Lipinski definition) is 1. The molecule has 1 aromatic carbocycles. The maximum absolute atomic E-state index is 13.2. The van der Waals surface area contributed by atoms with Crippen LogP contribution < -0.4 is 5.32 Å². The van der Waals surface area contributed by atoms with E-state index >= 15 is 0 Å². The molecule has 0 atom stereocenters. The number of nitrogens with one attached hydrogen (secondary N) is 1. The molecule has 0 aliphatic carbocycles. The number of carbonyl (C=O) groups is 2. The quantitative estimate of drug-likeness (QED) is 0.855. The minimum Gasteiger partial charge on any atom is -0.336 e. The van der Waals surface area contributed by atoms with Crippen molar-refractivity contribution in [3.8, 4) is 0 Å². The fourth-order valence-corrected chi connectivity index (χ4v) is 4.38. The highest BCUT2D eigenvalue weighted by atomic mass is 16.2. The first kappa shape index (κ1) is 19.7. The topological polar surface area (TPSA) is 67.2 Å². The average molecular weight is 395 g/mol. The summed E-state index contributed by atoms with van der Waals surface area (Å²) in [6.07, 6.45) is 4.88. The van der Waals surface area contributed by atoms with Crippen molar-refractivity contribution in [1.82, 2.24) is 14.5 Å². The molecule has 0 spiro atoms. The first-order valence-corrected chi connectivity index (χ1v) is 10.7. The second kappa shape index (κ2) is 7.65. The Morgan fingerprint density at radius 3 is 2.41 bits per heavy atom. The monoisotopic (exact) mass is 394 g/mol. The van der Waals surface area contributed by atoms with Crippen LogP contribution in [-0.2, 0) is 18.4 Å². The minimum atomic E-state index is -0.229. The number of likely N-dealkylation sites (tertiary alicyclic amines) is 1. The number of benzene rings is 1. The summed E-state index contributed by atoms with van der Waals surface area (Å²) in [5, 5.41) is 3.07. The molecule has 2 aromatic rings. The lowest BCUT2D eigenvalue weighted by Crippen LogP contribution is -2.31. The molecular weight excluding hydrogens is 364 g/mol. The van der Waals surface area contributed by atoms with Gasteiger partial charge in [-0.25, -0.2) is 4.98 Å². The predicted octanol–water partition coefficient (Wildman–Crippen LogP) is 4.01. The van der Waals surface area contributed by atoms with Gasteiger partial charge in [0.25, 0.3) is 11.8 Å². The Balaban J connectivity index is 1.67. The number of aromatic nitrogens is 2. The summed E-state index contributed by atoms with van der Waals surface area (Å²) in [4.78, 5) is 32.7. The van der Waals surface area contributed by atoms with Gasteiger partial charge >= 0.3 is 0 Å². The zero-order valence-electron chi connectivity index (χ0n) is 17.6. The van der Waals surface area contributed by atoms with Crippen molar-refractivity contribution in [2.45, 2.75) is 64.8 Å². The SMILES string of the molecule is CC(C)(C)c1ccccc1NC(=O)c1nc(C(=O)N2CCCC2)n2c1CCCC2. The number of para-hydroxylation sites is 1. The van der Waals surface area contributed by atoms with Crippen LogP contribution >= 0.6 is 0 Å². The van der Waals surface area contributed by atoms with Crippen molar-refractivity contribution in [3.05, 3.63) is 47.0 Å². The van der Waals surface area contributed by atoms with Crippen LogP contribution in [0.15, 0.2) is 24.3 Å². The van der Waals surface area contributed by atoms with Crippen LogP contribution in [0.1, 0.15) is 78.8 Å². The number of imidazole rings is 1. The number of carbonyl (C=O) groups excluding carboxylic acids is 2. The molecule has 0 radical (unpaired) electrons. The molecule has 154 valence electrons. The number of anilines is 1. The number of nitrogens with zero attached hydrogens (tertiary/aromatic N) is 3.